The van der Waals surface area contributed by atoms with E-state index >= 15 is 0 Å². The highest BCUT2D eigenvalue weighted by molar-refractivity contribution is 5.80. The van der Waals surface area contributed by atoms with Gasteiger partial charge in [-0.15, -0.1) is 0 Å². The summed E-state index contributed by atoms with van der Waals surface area (Å²) in [6.07, 6.45) is -0.751. The number of β-amino-alcohol motifs (C(OH)–C–C–N with tert-alkyl or cyclic N) is 1. The lowest BCUT2D eigenvalue weighted by atomic mass is 10.2. The van der Waals surface area contributed by atoms with Crippen molar-refractivity contribution in [2.45, 2.75) is 32.7 Å². The second kappa shape index (κ2) is 8.27. The molecule has 0 saturated carbocycles. The van der Waals surface area contributed by atoms with Crippen molar-refractivity contribution in [2.75, 3.05) is 32.7 Å². The van der Waals surface area contributed by atoms with Crippen molar-refractivity contribution in [1.82, 2.24) is 9.80 Å². The summed E-state index contributed by atoms with van der Waals surface area (Å²) < 4.78 is 5.69. The summed E-state index contributed by atoms with van der Waals surface area (Å²) in [6.45, 7) is 7.74. The van der Waals surface area contributed by atoms with Gasteiger partial charge in [-0.05, 0) is 19.4 Å². The molecule has 1 aliphatic rings. The maximum atomic E-state index is 12.4. The van der Waals surface area contributed by atoms with Gasteiger partial charge in [0.2, 0.25) is 0 Å². The first-order chi connectivity index (χ1) is 10.6. The minimum Gasteiger partial charge on any atom is -0.392 e. The van der Waals surface area contributed by atoms with Crippen LogP contribution < -0.4 is 0 Å². The molecule has 1 aromatic rings. The normalized spacial score (nSPS) is 19.0. The largest absolute Gasteiger partial charge is 0.392 e. The number of aliphatic hydroxyl groups excluding tert-OH is 1. The van der Waals surface area contributed by atoms with Gasteiger partial charge in [-0.25, -0.2) is 0 Å². The fourth-order valence-electron chi connectivity index (χ4n) is 2.65. The van der Waals surface area contributed by atoms with Crippen molar-refractivity contribution in [3.8, 4) is 0 Å². The van der Waals surface area contributed by atoms with Gasteiger partial charge in [0.25, 0.3) is 5.91 Å². The number of benzene rings is 1. The van der Waals surface area contributed by atoms with Crippen molar-refractivity contribution in [3.05, 3.63) is 35.9 Å². The van der Waals surface area contributed by atoms with Crippen molar-refractivity contribution < 1.29 is 14.6 Å². The Bertz CT molecular complexity index is 456. The van der Waals surface area contributed by atoms with E-state index in [-0.39, 0.29) is 12.0 Å². The number of ether oxygens (including phenoxy) is 1. The highest BCUT2D eigenvalue weighted by Gasteiger charge is 2.25. The van der Waals surface area contributed by atoms with E-state index in [4.69, 9.17) is 4.74 Å². The van der Waals surface area contributed by atoms with Crippen LogP contribution in [0.5, 0.6) is 0 Å². The second-order valence-corrected chi connectivity index (χ2v) is 5.91. The van der Waals surface area contributed by atoms with Gasteiger partial charge in [-0.3, -0.25) is 9.69 Å². The number of hydrogen-bond acceptors (Lipinski definition) is 4. The van der Waals surface area contributed by atoms with Crippen LogP contribution in [-0.2, 0) is 16.1 Å². The third-order valence-electron chi connectivity index (χ3n) is 3.90. The zero-order valence-corrected chi connectivity index (χ0v) is 13.4. The molecule has 1 heterocycles. The molecule has 1 saturated heterocycles. The maximum absolute atomic E-state index is 12.4. The molecule has 0 spiro atoms. The van der Waals surface area contributed by atoms with Crippen LogP contribution in [0.25, 0.3) is 0 Å². The number of hydrogen-bond donors (Lipinski definition) is 1. The van der Waals surface area contributed by atoms with Gasteiger partial charge in [-0.2, -0.15) is 0 Å². The predicted octanol–water partition coefficient (Wildman–Crippen LogP) is 1.12. The van der Waals surface area contributed by atoms with Crippen molar-refractivity contribution in [1.29, 1.82) is 0 Å². The van der Waals surface area contributed by atoms with Crippen molar-refractivity contribution >= 4 is 5.91 Å². The summed E-state index contributed by atoms with van der Waals surface area (Å²) in [6, 6.07) is 9.88. The van der Waals surface area contributed by atoms with Gasteiger partial charge >= 0.3 is 0 Å². The monoisotopic (exact) mass is 306 g/mol. The van der Waals surface area contributed by atoms with Gasteiger partial charge in [0.15, 0.2) is 0 Å². The number of aliphatic hydroxyl groups is 1. The predicted molar refractivity (Wildman–Crippen MR) is 85.4 cm³/mol. The Morgan fingerprint density at radius 2 is 1.82 bits per heavy atom. The lowest BCUT2D eigenvalue weighted by molar-refractivity contribution is -0.145. The van der Waals surface area contributed by atoms with E-state index in [9.17, 15) is 9.90 Å². The molecule has 0 aliphatic carbocycles. The van der Waals surface area contributed by atoms with Crippen LogP contribution in [0.15, 0.2) is 30.3 Å². The second-order valence-electron chi connectivity index (χ2n) is 5.91. The Hall–Kier alpha value is -1.43. The summed E-state index contributed by atoms with van der Waals surface area (Å²) >= 11 is 0. The molecule has 1 aliphatic heterocycles. The smallest absolute Gasteiger partial charge is 0.251 e. The Labute approximate surface area is 132 Å². The summed E-state index contributed by atoms with van der Waals surface area (Å²) in [5.74, 6) is 0.0487. The van der Waals surface area contributed by atoms with E-state index in [0.29, 0.717) is 26.2 Å². The van der Waals surface area contributed by atoms with Crippen LogP contribution in [0.3, 0.4) is 0 Å². The van der Waals surface area contributed by atoms with Crippen LogP contribution in [-0.4, -0.2) is 65.7 Å². The molecule has 5 nitrogen and oxygen atoms in total. The molecule has 122 valence electrons. The fraction of sp³-hybridized carbons (Fsp3) is 0.588. The van der Waals surface area contributed by atoms with E-state index in [0.717, 1.165) is 18.7 Å². The summed E-state index contributed by atoms with van der Waals surface area (Å²) in [4.78, 5) is 16.4. The molecule has 22 heavy (non-hydrogen) atoms. The van der Waals surface area contributed by atoms with E-state index < -0.39 is 6.10 Å². The first-order valence-electron chi connectivity index (χ1n) is 7.91. The van der Waals surface area contributed by atoms with Crippen molar-refractivity contribution in [3.63, 3.8) is 0 Å². The maximum Gasteiger partial charge on any atom is 0.251 e. The number of carbonyl (C=O) groups excluding carboxylic acids is 1. The zero-order valence-electron chi connectivity index (χ0n) is 13.4. The highest BCUT2D eigenvalue weighted by atomic mass is 16.5. The summed E-state index contributed by atoms with van der Waals surface area (Å²) in [5.41, 5.74) is 1.07. The Morgan fingerprint density at radius 3 is 2.41 bits per heavy atom. The number of amides is 1. The molecular formula is C17H26N2O3. The molecule has 1 aromatic carbocycles. The third-order valence-corrected chi connectivity index (χ3v) is 3.90. The first-order valence-corrected chi connectivity index (χ1v) is 7.91. The highest BCUT2D eigenvalue weighted by Crippen LogP contribution is 2.09. The summed E-state index contributed by atoms with van der Waals surface area (Å²) in [5, 5.41) is 9.40. The number of piperazine rings is 1. The van der Waals surface area contributed by atoms with E-state index in [2.05, 4.69) is 4.90 Å². The lowest BCUT2D eigenvalue weighted by Gasteiger charge is -2.36. The fourth-order valence-corrected chi connectivity index (χ4v) is 2.65. The van der Waals surface area contributed by atoms with Gasteiger partial charge in [-0.1, -0.05) is 30.3 Å². The van der Waals surface area contributed by atoms with Gasteiger partial charge in [0.1, 0.15) is 6.10 Å². The molecule has 2 atom stereocenters. The molecule has 0 aromatic heterocycles. The average Bonchev–Trinajstić information content (AvgIpc) is 2.53. The van der Waals surface area contributed by atoms with E-state index in [1.54, 1.807) is 6.92 Å². The SMILES string of the molecule is CC(O)CN1CCN(C(=O)C(C)OCc2ccccc2)CC1. The molecule has 0 radical (unpaired) electrons. The Balaban J connectivity index is 1.74. The first kappa shape index (κ1) is 16.9. The molecule has 1 fully saturated rings. The molecule has 2 rings (SSSR count). The Kier molecular flexibility index (Phi) is 6.36. The van der Waals surface area contributed by atoms with Crippen molar-refractivity contribution in [2.24, 2.45) is 0 Å². The molecule has 0 bridgehead atoms. The van der Waals surface area contributed by atoms with Crippen LogP contribution in [0.1, 0.15) is 19.4 Å². The average molecular weight is 306 g/mol. The molecule has 5 heteroatoms. The molecule has 1 amide bonds. The number of carbonyl (C=O) groups is 1. The zero-order chi connectivity index (χ0) is 15.9. The molecule has 2 unspecified atom stereocenters. The van der Waals surface area contributed by atoms with E-state index in [1.807, 2.05) is 42.2 Å². The number of rotatable bonds is 6. The Morgan fingerprint density at radius 1 is 1.18 bits per heavy atom. The minimum atomic E-state index is -0.427. The topological polar surface area (TPSA) is 53.0 Å². The van der Waals surface area contributed by atoms with Gasteiger partial charge in [0, 0.05) is 32.7 Å². The van der Waals surface area contributed by atoms with Crippen LogP contribution in [0.4, 0.5) is 0 Å². The molecule has 1 N–H and O–H groups in total. The lowest BCUT2D eigenvalue weighted by Crippen LogP contribution is -2.52. The quantitative estimate of drug-likeness (QED) is 0.856. The number of nitrogens with zero attached hydrogens (tertiary/aromatic N) is 2. The van der Waals surface area contributed by atoms with Crippen LogP contribution in [0, 0.1) is 0 Å². The van der Waals surface area contributed by atoms with Crippen LogP contribution in [0.2, 0.25) is 0 Å². The van der Waals surface area contributed by atoms with Crippen LogP contribution >= 0.6 is 0 Å². The van der Waals surface area contributed by atoms with Gasteiger partial charge in [0.05, 0.1) is 12.7 Å². The van der Waals surface area contributed by atoms with E-state index in [1.165, 1.54) is 0 Å². The summed E-state index contributed by atoms with van der Waals surface area (Å²) in [7, 11) is 0. The third kappa shape index (κ3) is 5.09. The van der Waals surface area contributed by atoms with Gasteiger partial charge < -0.3 is 14.7 Å². The standard InChI is InChI=1S/C17H26N2O3/c1-14(20)12-18-8-10-19(11-9-18)17(21)15(2)22-13-16-6-4-3-5-7-16/h3-7,14-15,20H,8-13H2,1-2H3. The molecular weight excluding hydrogens is 280 g/mol. The minimum absolute atomic E-state index is 0.0487.